The first-order chi connectivity index (χ1) is 6.20. The highest BCUT2D eigenvalue weighted by Crippen LogP contribution is 2.35. The van der Waals surface area contributed by atoms with Gasteiger partial charge in [-0.15, -0.1) is 0 Å². The smallest absolute Gasteiger partial charge is 0.361 e. The van der Waals surface area contributed by atoms with Crippen LogP contribution in [0.4, 0.5) is 0 Å². The van der Waals surface area contributed by atoms with E-state index in [9.17, 15) is 4.79 Å². The third kappa shape index (κ3) is 1.56. The van der Waals surface area contributed by atoms with Gasteiger partial charge >= 0.3 is 5.97 Å². The van der Waals surface area contributed by atoms with Gasteiger partial charge in [0.05, 0.1) is 0 Å². The molecule has 1 saturated carbocycles. The highest BCUT2D eigenvalue weighted by atomic mass is 16.6. The molecule has 0 aromatic carbocycles. The van der Waals surface area contributed by atoms with Gasteiger partial charge in [0.2, 0.25) is 0 Å². The van der Waals surface area contributed by atoms with Crippen molar-refractivity contribution in [2.75, 3.05) is 0 Å². The van der Waals surface area contributed by atoms with Crippen LogP contribution in [0.1, 0.15) is 36.7 Å². The van der Waals surface area contributed by atoms with Crippen LogP contribution in [-0.4, -0.2) is 16.7 Å². The van der Waals surface area contributed by atoms with Gasteiger partial charge in [0.1, 0.15) is 11.9 Å². The van der Waals surface area contributed by atoms with Crippen molar-refractivity contribution < 1.29 is 14.1 Å². The van der Waals surface area contributed by atoms with Gasteiger partial charge in [-0.1, -0.05) is 5.16 Å². The summed E-state index contributed by atoms with van der Waals surface area (Å²) in [6, 6.07) is 1.50. The zero-order valence-electron chi connectivity index (χ0n) is 7.45. The van der Waals surface area contributed by atoms with Crippen LogP contribution in [0.5, 0.6) is 0 Å². The van der Waals surface area contributed by atoms with Crippen molar-refractivity contribution in [2.24, 2.45) is 0 Å². The largest absolute Gasteiger partial charge is 0.455 e. The Morgan fingerprint density at radius 1 is 1.69 bits per heavy atom. The first-order valence-electron chi connectivity index (χ1n) is 4.33. The molecule has 0 spiro atoms. The summed E-state index contributed by atoms with van der Waals surface area (Å²) in [5.74, 6) is -0.393. The van der Waals surface area contributed by atoms with Crippen molar-refractivity contribution in [3.8, 4) is 0 Å². The number of carbonyl (C=O) groups excluding carboxylic acids is 1. The van der Waals surface area contributed by atoms with E-state index in [-0.39, 0.29) is 11.3 Å². The fourth-order valence-electron chi connectivity index (χ4n) is 1.37. The van der Waals surface area contributed by atoms with Gasteiger partial charge in [0, 0.05) is 6.07 Å². The summed E-state index contributed by atoms with van der Waals surface area (Å²) >= 11 is 0. The van der Waals surface area contributed by atoms with E-state index in [4.69, 9.17) is 4.74 Å². The number of hydrogen-bond donors (Lipinski definition) is 0. The van der Waals surface area contributed by atoms with Crippen molar-refractivity contribution in [1.82, 2.24) is 5.16 Å². The Morgan fingerprint density at radius 3 is 2.92 bits per heavy atom. The van der Waals surface area contributed by atoms with Gasteiger partial charge in [-0.2, -0.15) is 0 Å². The minimum atomic E-state index is -0.393. The SMILES string of the molecule is CC1(OC(=O)c2ccon2)CCC1. The summed E-state index contributed by atoms with van der Waals surface area (Å²) in [7, 11) is 0. The lowest BCUT2D eigenvalue weighted by Gasteiger charge is -2.37. The maximum atomic E-state index is 11.4. The molecule has 1 aliphatic rings. The molecule has 1 aliphatic carbocycles. The molecule has 1 heterocycles. The van der Waals surface area contributed by atoms with E-state index in [1.807, 2.05) is 6.92 Å². The fourth-order valence-corrected chi connectivity index (χ4v) is 1.37. The highest BCUT2D eigenvalue weighted by Gasteiger charge is 2.36. The Labute approximate surface area is 75.9 Å². The minimum absolute atomic E-state index is 0.244. The average molecular weight is 181 g/mol. The Morgan fingerprint density at radius 2 is 2.46 bits per heavy atom. The molecule has 4 nitrogen and oxygen atoms in total. The maximum absolute atomic E-state index is 11.4. The van der Waals surface area contributed by atoms with Crippen LogP contribution in [0.3, 0.4) is 0 Å². The Bertz CT molecular complexity index is 301. The summed E-state index contributed by atoms with van der Waals surface area (Å²) in [5.41, 5.74) is -0.0242. The molecule has 4 heteroatoms. The van der Waals surface area contributed by atoms with Crippen LogP contribution in [-0.2, 0) is 4.74 Å². The van der Waals surface area contributed by atoms with Gasteiger partial charge in [0.15, 0.2) is 5.69 Å². The van der Waals surface area contributed by atoms with Crippen molar-refractivity contribution in [1.29, 1.82) is 0 Å². The zero-order valence-corrected chi connectivity index (χ0v) is 7.45. The number of aromatic nitrogens is 1. The quantitative estimate of drug-likeness (QED) is 0.652. The highest BCUT2D eigenvalue weighted by molar-refractivity contribution is 5.87. The molecule has 1 aromatic heterocycles. The van der Waals surface area contributed by atoms with Crippen molar-refractivity contribution >= 4 is 5.97 Å². The van der Waals surface area contributed by atoms with E-state index in [2.05, 4.69) is 9.68 Å². The fraction of sp³-hybridized carbons (Fsp3) is 0.556. The predicted molar refractivity (Wildman–Crippen MR) is 44.2 cm³/mol. The molecule has 1 fully saturated rings. The van der Waals surface area contributed by atoms with E-state index in [0.717, 1.165) is 19.3 Å². The standard InChI is InChI=1S/C9H11NO3/c1-9(4-2-5-9)13-8(11)7-3-6-12-10-7/h3,6H,2,4-5H2,1H3. The Balaban J connectivity index is 1.99. The van der Waals surface area contributed by atoms with E-state index in [0.29, 0.717) is 0 Å². The summed E-state index contributed by atoms with van der Waals surface area (Å²) in [6.07, 6.45) is 4.37. The topological polar surface area (TPSA) is 52.3 Å². The van der Waals surface area contributed by atoms with Crippen molar-refractivity contribution in [3.63, 3.8) is 0 Å². The third-order valence-corrected chi connectivity index (χ3v) is 2.40. The second-order valence-corrected chi connectivity index (χ2v) is 3.58. The van der Waals surface area contributed by atoms with Crippen LogP contribution < -0.4 is 0 Å². The van der Waals surface area contributed by atoms with E-state index in [1.165, 1.54) is 12.3 Å². The molecular weight excluding hydrogens is 170 g/mol. The Hall–Kier alpha value is -1.32. The monoisotopic (exact) mass is 181 g/mol. The van der Waals surface area contributed by atoms with Crippen LogP contribution in [0.2, 0.25) is 0 Å². The molecule has 0 atom stereocenters. The van der Waals surface area contributed by atoms with E-state index in [1.54, 1.807) is 0 Å². The molecule has 0 radical (unpaired) electrons. The van der Waals surface area contributed by atoms with Crippen LogP contribution in [0, 0.1) is 0 Å². The summed E-state index contributed by atoms with van der Waals surface area (Å²) in [5, 5.41) is 3.51. The second-order valence-electron chi connectivity index (χ2n) is 3.58. The first-order valence-corrected chi connectivity index (χ1v) is 4.33. The summed E-state index contributed by atoms with van der Waals surface area (Å²) in [6.45, 7) is 1.94. The Kier molecular flexibility index (Phi) is 1.83. The lowest BCUT2D eigenvalue weighted by atomic mass is 9.82. The van der Waals surface area contributed by atoms with Crippen molar-refractivity contribution in [3.05, 3.63) is 18.0 Å². The number of esters is 1. The number of hydrogen-bond acceptors (Lipinski definition) is 4. The maximum Gasteiger partial charge on any atom is 0.361 e. The van der Waals surface area contributed by atoms with Crippen LogP contribution >= 0.6 is 0 Å². The van der Waals surface area contributed by atoms with Gasteiger partial charge in [-0.05, 0) is 26.2 Å². The second kappa shape index (κ2) is 2.87. The lowest BCUT2D eigenvalue weighted by molar-refractivity contribution is -0.0505. The molecule has 1 aromatic rings. The van der Waals surface area contributed by atoms with Gasteiger partial charge in [-0.3, -0.25) is 0 Å². The van der Waals surface area contributed by atoms with Crippen LogP contribution in [0.25, 0.3) is 0 Å². The predicted octanol–water partition coefficient (Wildman–Crippen LogP) is 1.77. The zero-order chi connectivity index (χ0) is 9.31. The molecule has 0 bridgehead atoms. The van der Waals surface area contributed by atoms with Gasteiger partial charge in [0.25, 0.3) is 0 Å². The molecule has 13 heavy (non-hydrogen) atoms. The molecule has 0 amide bonds. The molecule has 0 unspecified atom stereocenters. The summed E-state index contributed by atoms with van der Waals surface area (Å²) in [4.78, 5) is 11.4. The molecule has 2 rings (SSSR count). The van der Waals surface area contributed by atoms with Gasteiger partial charge in [-0.25, -0.2) is 4.79 Å². The number of rotatable bonds is 2. The average Bonchev–Trinajstić information content (AvgIpc) is 2.53. The normalized spacial score (nSPS) is 19.2. The number of carbonyl (C=O) groups is 1. The molecule has 70 valence electrons. The van der Waals surface area contributed by atoms with E-state index < -0.39 is 5.97 Å². The van der Waals surface area contributed by atoms with Crippen molar-refractivity contribution in [2.45, 2.75) is 31.8 Å². The third-order valence-electron chi connectivity index (χ3n) is 2.40. The first kappa shape index (κ1) is 8.29. The number of ether oxygens (including phenoxy) is 1. The number of nitrogens with zero attached hydrogens (tertiary/aromatic N) is 1. The van der Waals surface area contributed by atoms with Gasteiger partial charge < -0.3 is 9.26 Å². The molecule has 0 N–H and O–H groups in total. The molecule has 0 aliphatic heterocycles. The molecular formula is C9H11NO3. The van der Waals surface area contributed by atoms with E-state index >= 15 is 0 Å². The lowest BCUT2D eigenvalue weighted by Crippen LogP contribution is -2.38. The van der Waals surface area contributed by atoms with Crippen LogP contribution in [0.15, 0.2) is 16.9 Å². The minimum Gasteiger partial charge on any atom is -0.455 e. The summed E-state index contributed by atoms with van der Waals surface area (Å²) < 4.78 is 9.81. The molecule has 0 saturated heterocycles.